The van der Waals surface area contributed by atoms with Crippen molar-refractivity contribution in [2.75, 3.05) is 0 Å². The van der Waals surface area contributed by atoms with E-state index in [4.69, 9.17) is 0 Å². The second-order valence-corrected chi connectivity index (χ2v) is 4.45. The van der Waals surface area contributed by atoms with Gasteiger partial charge in [-0.25, -0.2) is 0 Å². The number of aliphatic hydroxyl groups is 1. The summed E-state index contributed by atoms with van der Waals surface area (Å²) < 4.78 is 0. The van der Waals surface area contributed by atoms with Crippen LogP contribution in [0.1, 0.15) is 43.9 Å². The Bertz CT molecular complexity index is 302. The average Bonchev–Trinajstić information content (AvgIpc) is 2.30. The van der Waals surface area contributed by atoms with Gasteiger partial charge in [0, 0.05) is 17.8 Å². The van der Waals surface area contributed by atoms with Crippen LogP contribution in [0.4, 0.5) is 0 Å². The van der Waals surface area contributed by atoms with Crippen LogP contribution in [0.15, 0.2) is 18.5 Å². The fourth-order valence-corrected chi connectivity index (χ4v) is 2.07. The van der Waals surface area contributed by atoms with Crippen LogP contribution in [0.2, 0.25) is 0 Å². The smallest absolute Gasteiger partial charge is 0.0850 e. The molecule has 1 aromatic rings. The van der Waals surface area contributed by atoms with E-state index in [0.717, 1.165) is 5.56 Å². The lowest BCUT2D eigenvalue weighted by molar-refractivity contribution is 0.0524. The van der Waals surface area contributed by atoms with Crippen LogP contribution in [0.5, 0.6) is 0 Å². The summed E-state index contributed by atoms with van der Waals surface area (Å²) in [5, 5.41) is 10.1. The summed E-state index contributed by atoms with van der Waals surface area (Å²) in [6.45, 7) is 6.35. The molecular weight excluding hydrogens is 162 g/mol. The van der Waals surface area contributed by atoms with E-state index in [1.54, 1.807) is 6.20 Å². The molecule has 2 atom stereocenters. The fourth-order valence-electron chi connectivity index (χ4n) is 2.07. The lowest BCUT2D eigenvalue weighted by Crippen LogP contribution is -2.20. The molecule has 1 aliphatic carbocycles. The summed E-state index contributed by atoms with van der Waals surface area (Å²) in [7, 11) is 0. The molecule has 2 nitrogen and oxygen atoms in total. The molecule has 1 N–H and O–H groups in total. The summed E-state index contributed by atoms with van der Waals surface area (Å²) in [6.07, 6.45) is 3.27. The van der Waals surface area contributed by atoms with Crippen molar-refractivity contribution in [3.05, 3.63) is 29.6 Å². The molecule has 1 heterocycles. The number of hydrogen-bond acceptors (Lipinski definition) is 2. The number of nitrogens with zero attached hydrogens (tertiary/aromatic N) is 1. The SMILES string of the molecule is CC1c2cnccc2C(O)C1(C)C. The van der Waals surface area contributed by atoms with Gasteiger partial charge in [-0.2, -0.15) is 0 Å². The van der Waals surface area contributed by atoms with Crippen molar-refractivity contribution >= 4 is 0 Å². The topological polar surface area (TPSA) is 33.1 Å². The number of rotatable bonds is 0. The van der Waals surface area contributed by atoms with Crippen LogP contribution in [0.25, 0.3) is 0 Å². The van der Waals surface area contributed by atoms with Crippen LogP contribution < -0.4 is 0 Å². The molecule has 0 fully saturated rings. The second kappa shape index (κ2) is 2.55. The minimum atomic E-state index is -0.347. The van der Waals surface area contributed by atoms with E-state index in [9.17, 15) is 5.11 Å². The van der Waals surface area contributed by atoms with Crippen LogP contribution >= 0.6 is 0 Å². The minimum absolute atomic E-state index is 0.0641. The zero-order valence-electron chi connectivity index (χ0n) is 8.28. The van der Waals surface area contributed by atoms with Crippen molar-refractivity contribution in [1.82, 2.24) is 4.98 Å². The van der Waals surface area contributed by atoms with Crippen LogP contribution in [0.3, 0.4) is 0 Å². The molecule has 0 radical (unpaired) electrons. The first kappa shape index (κ1) is 8.70. The second-order valence-electron chi connectivity index (χ2n) is 4.45. The molecule has 0 aliphatic heterocycles. The lowest BCUT2D eigenvalue weighted by atomic mass is 9.80. The van der Waals surface area contributed by atoms with Gasteiger partial charge in [-0.1, -0.05) is 20.8 Å². The molecule has 0 amide bonds. The normalized spacial score (nSPS) is 30.2. The van der Waals surface area contributed by atoms with Gasteiger partial charge < -0.3 is 5.11 Å². The zero-order chi connectivity index (χ0) is 9.64. The van der Waals surface area contributed by atoms with Gasteiger partial charge in [0.25, 0.3) is 0 Å². The third-order valence-corrected chi connectivity index (χ3v) is 3.47. The number of aliphatic hydroxyl groups excluding tert-OH is 1. The van der Waals surface area contributed by atoms with Crippen molar-refractivity contribution in [3.63, 3.8) is 0 Å². The summed E-state index contributed by atoms with van der Waals surface area (Å²) in [5.74, 6) is 0.381. The van der Waals surface area contributed by atoms with Crippen LogP contribution in [0, 0.1) is 5.41 Å². The van der Waals surface area contributed by atoms with Crippen molar-refractivity contribution in [1.29, 1.82) is 0 Å². The third-order valence-electron chi connectivity index (χ3n) is 3.47. The Kier molecular flexibility index (Phi) is 1.70. The van der Waals surface area contributed by atoms with Crippen molar-refractivity contribution < 1.29 is 5.11 Å². The standard InChI is InChI=1S/C11H15NO/c1-7-9-6-12-5-4-8(9)10(13)11(7,2)3/h4-7,10,13H,1-3H3. The van der Waals surface area contributed by atoms with Crippen LogP contribution in [-0.4, -0.2) is 10.1 Å². The van der Waals surface area contributed by atoms with Crippen LogP contribution in [-0.2, 0) is 0 Å². The van der Waals surface area contributed by atoms with E-state index < -0.39 is 0 Å². The molecule has 2 unspecified atom stereocenters. The Morgan fingerprint density at radius 3 is 2.69 bits per heavy atom. The Balaban J connectivity index is 2.57. The molecule has 13 heavy (non-hydrogen) atoms. The molecular formula is C11H15NO. The number of fused-ring (bicyclic) bond motifs is 1. The summed E-state index contributed by atoms with van der Waals surface area (Å²) in [6, 6.07) is 1.92. The predicted octanol–water partition coefficient (Wildman–Crippen LogP) is 2.26. The Labute approximate surface area is 78.6 Å². The van der Waals surface area contributed by atoms with Crippen molar-refractivity contribution in [2.45, 2.75) is 32.8 Å². The van der Waals surface area contributed by atoms with Gasteiger partial charge in [-0.05, 0) is 23.1 Å². The highest BCUT2D eigenvalue weighted by atomic mass is 16.3. The Morgan fingerprint density at radius 1 is 1.38 bits per heavy atom. The molecule has 0 saturated carbocycles. The fraction of sp³-hybridized carbons (Fsp3) is 0.545. The molecule has 0 bridgehead atoms. The third kappa shape index (κ3) is 1.02. The van der Waals surface area contributed by atoms with Crippen molar-refractivity contribution in [2.24, 2.45) is 5.41 Å². The van der Waals surface area contributed by atoms with Crippen molar-refractivity contribution in [3.8, 4) is 0 Å². The first-order valence-corrected chi connectivity index (χ1v) is 4.67. The highest BCUT2D eigenvalue weighted by molar-refractivity contribution is 5.37. The summed E-state index contributed by atoms with van der Waals surface area (Å²) in [4.78, 5) is 4.10. The lowest BCUT2D eigenvalue weighted by Gasteiger charge is -2.27. The first-order chi connectivity index (χ1) is 6.05. The van der Waals surface area contributed by atoms with Gasteiger partial charge >= 0.3 is 0 Å². The molecule has 1 aliphatic rings. The van der Waals surface area contributed by atoms with E-state index in [1.807, 2.05) is 12.3 Å². The minimum Gasteiger partial charge on any atom is -0.388 e. The Hall–Kier alpha value is -0.890. The molecule has 2 heteroatoms. The van der Waals surface area contributed by atoms with Gasteiger partial charge in [0.1, 0.15) is 0 Å². The summed E-state index contributed by atoms with van der Waals surface area (Å²) >= 11 is 0. The molecule has 0 spiro atoms. The monoisotopic (exact) mass is 177 g/mol. The van der Waals surface area contributed by atoms with E-state index in [2.05, 4.69) is 25.8 Å². The van der Waals surface area contributed by atoms with E-state index in [0.29, 0.717) is 5.92 Å². The molecule has 1 aromatic heterocycles. The first-order valence-electron chi connectivity index (χ1n) is 4.67. The molecule has 70 valence electrons. The predicted molar refractivity (Wildman–Crippen MR) is 51.4 cm³/mol. The van der Waals surface area contributed by atoms with E-state index in [-0.39, 0.29) is 11.5 Å². The van der Waals surface area contributed by atoms with Gasteiger partial charge in [-0.15, -0.1) is 0 Å². The summed E-state index contributed by atoms with van der Waals surface area (Å²) in [5.41, 5.74) is 2.18. The number of hydrogen-bond donors (Lipinski definition) is 1. The van der Waals surface area contributed by atoms with E-state index >= 15 is 0 Å². The highest BCUT2D eigenvalue weighted by Crippen LogP contribution is 2.52. The van der Waals surface area contributed by atoms with Gasteiger partial charge in [0.15, 0.2) is 0 Å². The quantitative estimate of drug-likeness (QED) is 0.659. The zero-order valence-corrected chi connectivity index (χ0v) is 8.28. The maximum Gasteiger partial charge on any atom is 0.0850 e. The number of pyridine rings is 1. The maximum absolute atomic E-state index is 10.1. The average molecular weight is 177 g/mol. The molecule has 2 rings (SSSR count). The van der Waals surface area contributed by atoms with Gasteiger partial charge in [0.05, 0.1) is 6.10 Å². The molecule has 0 saturated heterocycles. The van der Waals surface area contributed by atoms with Gasteiger partial charge in [0.2, 0.25) is 0 Å². The van der Waals surface area contributed by atoms with E-state index in [1.165, 1.54) is 5.56 Å². The van der Waals surface area contributed by atoms with Gasteiger partial charge in [-0.3, -0.25) is 4.98 Å². The largest absolute Gasteiger partial charge is 0.388 e. The number of aromatic nitrogens is 1. The molecule has 0 aromatic carbocycles. The Morgan fingerprint density at radius 2 is 2.08 bits per heavy atom. The highest BCUT2D eigenvalue weighted by Gasteiger charge is 2.43. The maximum atomic E-state index is 10.1.